The molecule has 2 fully saturated rings. The normalized spacial score (nSPS) is 23.2. The van der Waals surface area contributed by atoms with Gasteiger partial charge < -0.3 is 9.80 Å². The summed E-state index contributed by atoms with van der Waals surface area (Å²) in [6.07, 6.45) is 5.64. The van der Waals surface area contributed by atoms with Crippen molar-refractivity contribution in [1.82, 2.24) is 0 Å². The molecule has 0 aliphatic carbocycles. The van der Waals surface area contributed by atoms with Crippen LogP contribution in [0.4, 0.5) is 11.4 Å². The summed E-state index contributed by atoms with van der Waals surface area (Å²) in [5.74, 6) is 0. The number of benzene rings is 1. The van der Waals surface area contributed by atoms with Gasteiger partial charge in [-0.05, 0) is 49.9 Å². The molecule has 2 atom stereocenters. The Labute approximate surface area is 132 Å². The summed E-state index contributed by atoms with van der Waals surface area (Å²) in [6.45, 7) is 2.20. The van der Waals surface area contributed by atoms with E-state index in [1.807, 2.05) is 0 Å². The molecule has 2 aliphatic heterocycles. The molecule has 1 aromatic rings. The molecule has 2 saturated heterocycles. The molecule has 3 rings (SSSR count). The molecule has 0 bridgehead atoms. The van der Waals surface area contributed by atoms with Gasteiger partial charge in [0.1, 0.15) is 0 Å². The first-order valence-electron chi connectivity index (χ1n) is 8.20. The van der Waals surface area contributed by atoms with Crippen LogP contribution in [0.1, 0.15) is 38.5 Å². The molecule has 4 heteroatoms. The first-order valence-corrected chi connectivity index (χ1v) is 8.20. The summed E-state index contributed by atoms with van der Waals surface area (Å²) in [5.41, 5.74) is 2.54. The highest BCUT2D eigenvalue weighted by molar-refractivity contribution is 5.59. The number of hydrogen-bond acceptors (Lipinski definition) is 4. The van der Waals surface area contributed by atoms with Gasteiger partial charge in [-0.2, -0.15) is 10.5 Å². The van der Waals surface area contributed by atoms with Crippen LogP contribution < -0.4 is 9.80 Å². The van der Waals surface area contributed by atoms with Gasteiger partial charge in [-0.3, -0.25) is 0 Å². The van der Waals surface area contributed by atoms with Crippen LogP contribution in [0.2, 0.25) is 0 Å². The molecule has 0 amide bonds. The van der Waals surface area contributed by atoms with Crippen molar-refractivity contribution in [3.8, 4) is 12.1 Å². The Balaban J connectivity index is 1.59. The standard InChI is InChI=1S/C18H22N4/c19-11-1-3-15-9-13-21(15)17-5-7-18(8-6-17)22-14-10-16(22)4-2-12-20/h5-8,15-16H,1-4,9-10,13-14H2/t15-,16-/m1/s1. The minimum absolute atomic E-state index is 0.540. The number of anilines is 2. The molecule has 4 nitrogen and oxygen atoms in total. The molecule has 2 heterocycles. The predicted molar refractivity (Wildman–Crippen MR) is 87.6 cm³/mol. The first-order chi connectivity index (χ1) is 10.8. The second kappa shape index (κ2) is 6.71. The average molecular weight is 294 g/mol. The van der Waals surface area contributed by atoms with Crippen molar-refractivity contribution in [3.05, 3.63) is 24.3 Å². The van der Waals surface area contributed by atoms with Crippen molar-refractivity contribution < 1.29 is 0 Å². The van der Waals surface area contributed by atoms with Crippen molar-refractivity contribution in [2.24, 2.45) is 0 Å². The third-order valence-corrected chi connectivity index (χ3v) is 4.98. The summed E-state index contributed by atoms with van der Waals surface area (Å²) >= 11 is 0. The molecule has 0 N–H and O–H groups in total. The monoisotopic (exact) mass is 294 g/mol. The summed E-state index contributed by atoms with van der Waals surface area (Å²) in [7, 11) is 0. The molecule has 1 aromatic carbocycles. The van der Waals surface area contributed by atoms with Crippen molar-refractivity contribution >= 4 is 11.4 Å². The summed E-state index contributed by atoms with van der Waals surface area (Å²) in [5, 5.41) is 17.4. The van der Waals surface area contributed by atoms with Crippen LogP contribution >= 0.6 is 0 Å². The van der Waals surface area contributed by atoms with E-state index in [0.717, 1.165) is 25.9 Å². The fourth-order valence-corrected chi connectivity index (χ4v) is 3.46. The Hall–Kier alpha value is -2.20. The van der Waals surface area contributed by atoms with Crippen molar-refractivity contribution in [1.29, 1.82) is 10.5 Å². The largest absolute Gasteiger partial charge is 0.368 e. The number of nitrogens with zero attached hydrogens (tertiary/aromatic N) is 4. The van der Waals surface area contributed by atoms with Crippen molar-refractivity contribution in [2.45, 2.75) is 50.6 Å². The van der Waals surface area contributed by atoms with Crippen LogP contribution in [0.15, 0.2) is 24.3 Å². The van der Waals surface area contributed by atoms with Gasteiger partial charge >= 0.3 is 0 Å². The second-order valence-electron chi connectivity index (χ2n) is 6.18. The van der Waals surface area contributed by atoms with Crippen LogP contribution in [0.3, 0.4) is 0 Å². The minimum atomic E-state index is 0.540. The lowest BCUT2D eigenvalue weighted by atomic mass is 9.95. The highest BCUT2D eigenvalue weighted by atomic mass is 15.2. The van der Waals surface area contributed by atoms with Gasteiger partial charge in [0, 0.05) is 49.4 Å². The fraction of sp³-hybridized carbons (Fsp3) is 0.556. The molecule has 0 unspecified atom stereocenters. The van der Waals surface area contributed by atoms with E-state index >= 15 is 0 Å². The lowest BCUT2D eigenvalue weighted by Crippen LogP contribution is -2.48. The summed E-state index contributed by atoms with van der Waals surface area (Å²) in [6, 6.07) is 14.4. The maximum atomic E-state index is 8.71. The highest BCUT2D eigenvalue weighted by Gasteiger charge is 2.29. The predicted octanol–water partition coefficient (Wildman–Crippen LogP) is 3.45. The Kier molecular flexibility index (Phi) is 4.49. The van der Waals surface area contributed by atoms with Crippen LogP contribution in [-0.2, 0) is 0 Å². The lowest BCUT2D eigenvalue weighted by Gasteiger charge is -2.44. The molecule has 2 aliphatic rings. The van der Waals surface area contributed by atoms with Crippen molar-refractivity contribution in [2.75, 3.05) is 22.9 Å². The zero-order chi connectivity index (χ0) is 15.4. The molecular formula is C18H22N4. The van der Waals surface area contributed by atoms with Gasteiger partial charge in [0.15, 0.2) is 0 Å². The minimum Gasteiger partial charge on any atom is -0.368 e. The zero-order valence-electron chi connectivity index (χ0n) is 12.9. The summed E-state index contributed by atoms with van der Waals surface area (Å²) in [4.78, 5) is 4.81. The van der Waals surface area contributed by atoms with Crippen LogP contribution in [-0.4, -0.2) is 25.2 Å². The molecule has 0 radical (unpaired) electrons. The van der Waals surface area contributed by atoms with Gasteiger partial charge in [-0.25, -0.2) is 0 Å². The van der Waals surface area contributed by atoms with E-state index in [0.29, 0.717) is 24.9 Å². The molecular weight excluding hydrogens is 272 g/mol. The fourth-order valence-electron chi connectivity index (χ4n) is 3.46. The van der Waals surface area contributed by atoms with Crippen molar-refractivity contribution in [3.63, 3.8) is 0 Å². The Morgan fingerprint density at radius 2 is 1.23 bits per heavy atom. The Morgan fingerprint density at radius 1 is 0.818 bits per heavy atom. The van der Waals surface area contributed by atoms with Crippen LogP contribution in [0.25, 0.3) is 0 Å². The quantitative estimate of drug-likeness (QED) is 0.806. The van der Waals surface area contributed by atoms with E-state index < -0.39 is 0 Å². The van der Waals surface area contributed by atoms with E-state index in [-0.39, 0.29) is 0 Å². The topological polar surface area (TPSA) is 54.1 Å². The maximum Gasteiger partial charge on any atom is 0.0622 e. The van der Waals surface area contributed by atoms with Crippen LogP contribution in [0.5, 0.6) is 0 Å². The highest BCUT2D eigenvalue weighted by Crippen LogP contribution is 2.33. The van der Waals surface area contributed by atoms with Gasteiger partial charge in [0.25, 0.3) is 0 Å². The molecule has 0 spiro atoms. The lowest BCUT2D eigenvalue weighted by molar-refractivity contribution is 0.424. The van der Waals surface area contributed by atoms with Gasteiger partial charge in [0.2, 0.25) is 0 Å². The van der Waals surface area contributed by atoms with Crippen LogP contribution in [0, 0.1) is 22.7 Å². The number of hydrogen-bond donors (Lipinski definition) is 0. The number of rotatable bonds is 6. The molecule has 0 aromatic heterocycles. The van der Waals surface area contributed by atoms with E-state index in [4.69, 9.17) is 10.5 Å². The summed E-state index contributed by atoms with van der Waals surface area (Å²) < 4.78 is 0. The van der Waals surface area contributed by atoms with E-state index in [1.54, 1.807) is 0 Å². The van der Waals surface area contributed by atoms with Gasteiger partial charge in [-0.15, -0.1) is 0 Å². The third-order valence-electron chi connectivity index (χ3n) is 4.98. The zero-order valence-corrected chi connectivity index (χ0v) is 12.9. The van der Waals surface area contributed by atoms with E-state index in [9.17, 15) is 0 Å². The smallest absolute Gasteiger partial charge is 0.0622 e. The second-order valence-corrected chi connectivity index (χ2v) is 6.18. The average Bonchev–Trinajstić information content (AvgIpc) is 2.48. The van der Waals surface area contributed by atoms with E-state index in [1.165, 1.54) is 24.2 Å². The van der Waals surface area contributed by atoms with E-state index in [2.05, 4.69) is 46.2 Å². The Bertz CT molecular complexity index is 528. The molecule has 0 saturated carbocycles. The first kappa shape index (κ1) is 14.7. The third kappa shape index (κ3) is 2.88. The number of nitriles is 2. The Morgan fingerprint density at radius 3 is 1.50 bits per heavy atom. The van der Waals surface area contributed by atoms with Gasteiger partial charge in [0.05, 0.1) is 12.1 Å². The maximum absolute atomic E-state index is 8.71. The van der Waals surface area contributed by atoms with Gasteiger partial charge in [-0.1, -0.05) is 0 Å². The molecule has 22 heavy (non-hydrogen) atoms. The molecule has 114 valence electrons. The SMILES string of the molecule is N#CCC[C@@H]1CCN1c1ccc(N2CC[C@H]2CCC#N)cc1.